The van der Waals surface area contributed by atoms with E-state index in [-0.39, 0.29) is 11.8 Å². The van der Waals surface area contributed by atoms with E-state index in [1.54, 1.807) is 13.1 Å². The van der Waals surface area contributed by atoms with Gasteiger partial charge in [0.25, 0.3) is 0 Å². The zero-order valence-corrected chi connectivity index (χ0v) is 10.7. The minimum atomic E-state index is -0.360. The maximum Gasteiger partial charge on any atom is 0.419 e. The van der Waals surface area contributed by atoms with Gasteiger partial charge in [0.15, 0.2) is 5.58 Å². The van der Waals surface area contributed by atoms with E-state index in [1.807, 2.05) is 31.0 Å². The first kappa shape index (κ1) is 12.4. The van der Waals surface area contributed by atoms with Crippen LogP contribution in [0.25, 0.3) is 11.1 Å². The third kappa shape index (κ3) is 2.15. The number of hydrogen-bond donors (Lipinski definition) is 0. The number of hydrogen-bond acceptors (Lipinski definition) is 4. The molecule has 0 aliphatic heterocycles. The normalized spacial score (nSPS) is 12.8. The van der Waals surface area contributed by atoms with Crippen LogP contribution in [0.2, 0.25) is 0 Å². The number of nitrogens with zero attached hydrogens (tertiary/aromatic N) is 3. The van der Waals surface area contributed by atoms with Crippen molar-refractivity contribution in [2.75, 3.05) is 7.05 Å². The summed E-state index contributed by atoms with van der Waals surface area (Å²) < 4.78 is 6.55. The van der Waals surface area contributed by atoms with Crippen molar-refractivity contribution in [3.05, 3.63) is 34.3 Å². The molecule has 1 unspecified atom stereocenters. The summed E-state index contributed by atoms with van der Waals surface area (Å²) in [6, 6.07) is 7.66. The molecule has 1 aromatic heterocycles. The molecular formula is C13H15N3O2. The monoisotopic (exact) mass is 245 g/mol. The second-order valence-electron chi connectivity index (χ2n) is 4.45. The molecule has 5 nitrogen and oxygen atoms in total. The Kier molecular flexibility index (Phi) is 3.21. The highest BCUT2D eigenvalue weighted by molar-refractivity contribution is 5.73. The van der Waals surface area contributed by atoms with Crippen LogP contribution >= 0.6 is 0 Å². The molecule has 18 heavy (non-hydrogen) atoms. The Hall–Kier alpha value is -2.06. The van der Waals surface area contributed by atoms with Gasteiger partial charge < -0.3 is 4.42 Å². The predicted molar refractivity (Wildman–Crippen MR) is 68.0 cm³/mol. The topological polar surface area (TPSA) is 62.2 Å². The first-order chi connectivity index (χ1) is 8.52. The van der Waals surface area contributed by atoms with E-state index in [2.05, 4.69) is 6.07 Å². The van der Waals surface area contributed by atoms with Gasteiger partial charge >= 0.3 is 5.76 Å². The predicted octanol–water partition coefficient (Wildman–Crippen LogP) is 1.48. The highest BCUT2D eigenvalue weighted by atomic mass is 16.4. The molecule has 0 spiro atoms. The molecule has 1 aromatic carbocycles. The number of aryl methyl sites for hydroxylation is 1. The lowest BCUT2D eigenvalue weighted by atomic mass is 10.2. The van der Waals surface area contributed by atoms with Crippen molar-refractivity contribution in [1.82, 2.24) is 9.47 Å². The van der Waals surface area contributed by atoms with E-state index < -0.39 is 0 Å². The first-order valence-corrected chi connectivity index (χ1v) is 5.71. The zero-order chi connectivity index (χ0) is 13.3. The smallest absolute Gasteiger partial charge is 0.408 e. The van der Waals surface area contributed by atoms with Gasteiger partial charge in [0.1, 0.15) is 0 Å². The highest BCUT2D eigenvalue weighted by Gasteiger charge is 2.10. The van der Waals surface area contributed by atoms with Gasteiger partial charge in [-0.25, -0.2) is 4.79 Å². The Bertz CT molecular complexity index is 663. The van der Waals surface area contributed by atoms with Gasteiger partial charge in [-0.05, 0) is 31.7 Å². The van der Waals surface area contributed by atoms with Gasteiger partial charge in [-0.1, -0.05) is 6.07 Å². The molecule has 2 rings (SSSR count). The van der Waals surface area contributed by atoms with Gasteiger partial charge in [-0.15, -0.1) is 0 Å². The molecule has 0 fully saturated rings. The molecule has 0 amide bonds. The van der Waals surface area contributed by atoms with Gasteiger partial charge in [0.05, 0.1) is 17.6 Å². The largest absolute Gasteiger partial charge is 0.419 e. The Morgan fingerprint density at radius 2 is 2.28 bits per heavy atom. The molecule has 5 heteroatoms. The van der Waals surface area contributed by atoms with E-state index in [9.17, 15) is 4.79 Å². The first-order valence-electron chi connectivity index (χ1n) is 5.71. The van der Waals surface area contributed by atoms with Gasteiger partial charge in [0.2, 0.25) is 0 Å². The van der Waals surface area contributed by atoms with Crippen LogP contribution in [0.5, 0.6) is 0 Å². The van der Waals surface area contributed by atoms with Crippen LogP contribution in [0, 0.1) is 11.3 Å². The number of nitriles is 1. The molecule has 0 saturated heterocycles. The lowest BCUT2D eigenvalue weighted by Crippen LogP contribution is -2.26. The number of fused-ring (bicyclic) bond motifs is 1. The van der Waals surface area contributed by atoms with E-state index in [0.29, 0.717) is 12.1 Å². The van der Waals surface area contributed by atoms with E-state index in [0.717, 1.165) is 11.1 Å². The lowest BCUT2D eigenvalue weighted by Gasteiger charge is -2.18. The van der Waals surface area contributed by atoms with Crippen LogP contribution in [-0.2, 0) is 13.6 Å². The van der Waals surface area contributed by atoms with Crippen molar-refractivity contribution in [2.45, 2.75) is 19.5 Å². The summed E-state index contributed by atoms with van der Waals surface area (Å²) in [7, 11) is 3.58. The van der Waals surface area contributed by atoms with Crippen LogP contribution in [0.4, 0.5) is 0 Å². The van der Waals surface area contributed by atoms with Crippen LogP contribution in [-0.4, -0.2) is 22.6 Å². The second kappa shape index (κ2) is 4.67. The quantitative estimate of drug-likeness (QED) is 0.821. The minimum Gasteiger partial charge on any atom is -0.408 e. The van der Waals surface area contributed by atoms with Crippen molar-refractivity contribution < 1.29 is 4.42 Å². The molecular weight excluding hydrogens is 230 g/mol. The average Bonchev–Trinajstić information content (AvgIpc) is 2.64. The number of benzene rings is 1. The van der Waals surface area contributed by atoms with E-state index in [4.69, 9.17) is 9.68 Å². The van der Waals surface area contributed by atoms with Crippen molar-refractivity contribution in [3.8, 4) is 6.07 Å². The van der Waals surface area contributed by atoms with Gasteiger partial charge in [0, 0.05) is 13.6 Å². The molecule has 0 bridgehead atoms. The van der Waals surface area contributed by atoms with Crippen LogP contribution in [0.3, 0.4) is 0 Å². The molecule has 0 aliphatic rings. The van der Waals surface area contributed by atoms with Crippen molar-refractivity contribution >= 4 is 11.1 Å². The lowest BCUT2D eigenvalue weighted by molar-refractivity contribution is 0.294. The summed E-state index contributed by atoms with van der Waals surface area (Å²) in [6.07, 6.45) is 0. The maximum absolute atomic E-state index is 11.4. The molecule has 94 valence electrons. The molecule has 0 N–H and O–H groups in total. The number of aromatic nitrogens is 1. The maximum atomic E-state index is 11.4. The summed E-state index contributed by atoms with van der Waals surface area (Å²) in [5.74, 6) is -0.360. The van der Waals surface area contributed by atoms with Crippen molar-refractivity contribution in [3.63, 3.8) is 0 Å². The fraction of sp³-hybridized carbons (Fsp3) is 0.385. The van der Waals surface area contributed by atoms with E-state index >= 15 is 0 Å². The van der Waals surface area contributed by atoms with Crippen LogP contribution < -0.4 is 5.76 Å². The highest BCUT2D eigenvalue weighted by Crippen LogP contribution is 2.15. The molecule has 0 aliphatic carbocycles. The Balaban J connectivity index is 2.33. The summed E-state index contributed by atoms with van der Waals surface area (Å²) in [4.78, 5) is 13.3. The summed E-state index contributed by atoms with van der Waals surface area (Å²) >= 11 is 0. The molecule has 1 heterocycles. The summed E-state index contributed by atoms with van der Waals surface area (Å²) in [6.45, 7) is 2.51. The Morgan fingerprint density at radius 3 is 2.94 bits per heavy atom. The molecule has 0 radical (unpaired) electrons. The van der Waals surface area contributed by atoms with Gasteiger partial charge in [-0.3, -0.25) is 9.47 Å². The zero-order valence-electron chi connectivity index (χ0n) is 10.7. The third-order valence-electron chi connectivity index (χ3n) is 3.14. The standard InChI is InChI=1S/C13H15N3O2/c1-9(7-14)15(2)8-10-4-5-12-11(6-10)16(3)13(17)18-12/h4-6,9H,8H2,1-3H3. The second-order valence-corrected chi connectivity index (χ2v) is 4.45. The van der Waals surface area contributed by atoms with Crippen LogP contribution in [0.15, 0.2) is 27.4 Å². The molecule has 2 aromatic rings. The van der Waals surface area contributed by atoms with Crippen molar-refractivity contribution in [1.29, 1.82) is 5.26 Å². The molecule has 0 saturated carbocycles. The fourth-order valence-electron chi connectivity index (χ4n) is 1.79. The van der Waals surface area contributed by atoms with E-state index in [1.165, 1.54) is 4.57 Å². The number of oxazole rings is 1. The van der Waals surface area contributed by atoms with Gasteiger partial charge in [-0.2, -0.15) is 5.26 Å². The average molecular weight is 245 g/mol. The SMILES string of the molecule is CC(C#N)N(C)Cc1ccc2oc(=O)n(C)c2c1. The third-order valence-corrected chi connectivity index (χ3v) is 3.14. The van der Waals surface area contributed by atoms with Crippen molar-refractivity contribution in [2.24, 2.45) is 7.05 Å². The Morgan fingerprint density at radius 1 is 1.56 bits per heavy atom. The minimum absolute atomic E-state index is 0.145. The molecule has 1 atom stereocenters. The summed E-state index contributed by atoms with van der Waals surface area (Å²) in [5.41, 5.74) is 2.40. The number of rotatable bonds is 3. The Labute approximate surface area is 105 Å². The fourth-order valence-corrected chi connectivity index (χ4v) is 1.79. The summed E-state index contributed by atoms with van der Waals surface area (Å²) in [5, 5.41) is 8.85. The van der Waals surface area contributed by atoms with Crippen LogP contribution in [0.1, 0.15) is 12.5 Å².